The molecule has 7 nitrogen and oxygen atoms in total. The largest absolute Gasteiger partial charge is 0.444 e. The minimum atomic E-state index is -0.481. The number of carbonyl (C=O) groups is 2. The molecule has 2 saturated heterocycles. The Bertz CT molecular complexity index is 1010. The standard InChI is InChI=1S/C27H40N4O3/c1-19(2)29-11-13-30(14-12-29)25(32)21-8-9-24-23(16-21)22(17-28-24)15-20-7-6-10-31(18-20)26(33)34-27(3,4)5/h8-9,16-17,19-20,28H,6-7,10-15,18H2,1-5H3. The Morgan fingerprint density at radius 1 is 1.09 bits per heavy atom. The third-order valence-corrected chi connectivity index (χ3v) is 7.03. The summed E-state index contributed by atoms with van der Waals surface area (Å²) in [6, 6.07) is 6.52. The summed E-state index contributed by atoms with van der Waals surface area (Å²) in [4.78, 5) is 35.4. The number of rotatable bonds is 4. The average molecular weight is 469 g/mol. The molecule has 0 spiro atoms. The number of likely N-dealkylation sites (tertiary alicyclic amines) is 1. The van der Waals surface area contributed by atoms with Gasteiger partial charge in [-0.15, -0.1) is 0 Å². The van der Waals surface area contributed by atoms with Crippen molar-refractivity contribution in [2.75, 3.05) is 39.3 Å². The molecule has 7 heteroatoms. The molecule has 2 aliphatic heterocycles. The zero-order chi connectivity index (χ0) is 24.5. The van der Waals surface area contributed by atoms with Crippen molar-refractivity contribution in [3.8, 4) is 0 Å². The van der Waals surface area contributed by atoms with Crippen LogP contribution in [0.25, 0.3) is 10.9 Å². The number of H-pyrrole nitrogens is 1. The highest BCUT2D eigenvalue weighted by Crippen LogP contribution is 2.28. The monoisotopic (exact) mass is 468 g/mol. The van der Waals surface area contributed by atoms with Crippen LogP contribution in [0.15, 0.2) is 24.4 Å². The molecule has 0 aliphatic carbocycles. The number of aromatic amines is 1. The molecule has 34 heavy (non-hydrogen) atoms. The number of aromatic nitrogens is 1. The first kappa shape index (κ1) is 24.6. The molecule has 3 heterocycles. The lowest BCUT2D eigenvalue weighted by Gasteiger charge is -2.37. The van der Waals surface area contributed by atoms with E-state index in [1.165, 1.54) is 5.56 Å². The molecule has 186 valence electrons. The molecule has 1 N–H and O–H groups in total. The van der Waals surface area contributed by atoms with Crippen molar-refractivity contribution >= 4 is 22.9 Å². The van der Waals surface area contributed by atoms with Crippen LogP contribution in [0, 0.1) is 5.92 Å². The van der Waals surface area contributed by atoms with Crippen LogP contribution < -0.4 is 0 Å². The van der Waals surface area contributed by atoms with Gasteiger partial charge in [0.1, 0.15) is 5.60 Å². The van der Waals surface area contributed by atoms with Crippen molar-refractivity contribution < 1.29 is 14.3 Å². The topological polar surface area (TPSA) is 68.9 Å². The fourth-order valence-electron chi connectivity index (χ4n) is 5.14. The maximum atomic E-state index is 13.2. The van der Waals surface area contributed by atoms with Gasteiger partial charge in [-0.2, -0.15) is 0 Å². The van der Waals surface area contributed by atoms with Gasteiger partial charge in [0.25, 0.3) is 5.91 Å². The van der Waals surface area contributed by atoms with Gasteiger partial charge in [-0.05, 0) is 83.6 Å². The van der Waals surface area contributed by atoms with E-state index in [0.717, 1.165) is 68.5 Å². The normalized spacial score (nSPS) is 20.2. The van der Waals surface area contributed by atoms with Crippen molar-refractivity contribution in [3.63, 3.8) is 0 Å². The Hall–Kier alpha value is -2.54. The van der Waals surface area contributed by atoms with Crippen LogP contribution in [-0.4, -0.2) is 82.6 Å². The van der Waals surface area contributed by atoms with Gasteiger partial charge < -0.3 is 19.5 Å². The van der Waals surface area contributed by atoms with Gasteiger partial charge in [0.15, 0.2) is 0 Å². The highest BCUT2D eigenvalue weighted by molar-refractivity contribution is 5.98. The minimum absolute atomic E-state index is 0.117. The zero-order valence-electron chi connectivity index (χ0n) is 21.4. The van der Waals surface area contributed by atoms with Crippen molar-refractivity contribution in [3.05, 3.63) is 35.5 Å². The van der Waals surface area contributed by atoms with E-state index in [2.05, 4.69) is 29.9 Å². The SMILES string of the molecule is CC(C)N1CCN(C(=O)c2ccc3[nH]cc(CC4CCCN(C(=O)OC(C)(C)C)C4)c3c2)CC1. The molecule has 2 aliphatic rings. The molecule has 2 aromatic rings. The Labute approximate surface area is 203 Å². The van der Waals surface area contributed by atoms with Crippen molar-refractivity contribution in [2.45, 2.75) is 65.5 Å². The Morgan fingerprint density at radius 2 is 1.82 bits per heavy atom. The van der Waals surface area contributed by atoms with Gasteiger partial charge in [-0.25, -0.2) is 4.79 Å². The van der Waals surface area contributed by atoms with Crippen LogP contribution in [0.1, 0.15) is 63.4 Å². The molecule has 4 rings (SSSR count). The minimum Gasteiger partial charge on any atom is -0.444 e. The number of piperazine rings is 1. The summed E-state index contributed by atoms with van der Waals surface area (Å²) in [7, 11) is 0. The molecule has 0 radical (unpaired) electrons. The number of hydrogen-bond donors (Lipinski definition) is 1. The van der Waals surface area contributed by atoms with E-state index >= 15 is 0 Å². The molecular weight excluding hydrogens is 428 g/mol. The Morgan fingerprint density at radius 3 is 2.50 bits per heavy atom. The lowest BCUT2D eigenvalue weighted by Crippen LogP contribution is -2.50. The lowest BCUT2D eigenvalue weighted by atomic mass is 9.91. The van der Waals surface area contributed by atoms with Crippen LogP contribution in [0.5, 0.6) is 0 Å². The molecule has 0 bridgehead atoms. The number of fused-ring (bicyclic) bond motifs is 1. The molecule has 1 atom stereocenters. The number of nitrogens with zero attached hydrogens (tertiary/aromatic N) is 3. The van der Waals surface area contributed by atoms with E-state index in [1.54, 1.807) is 0 Å². The van der Waals surface area contributed by atoms with Crippen LogP contribution in [0.2, 0.25) is 0 Å². The maximum Gasteiger partial charge on any atom is 0.410 e. The second-order valence-electron chi connectivity index (χ2n) is 11.1. The summed E-state index contributed by atoms with van der Waals surface area (Å²) in [5.41, 5.74) is 2.54. The molecule has 2 fully saturated rings. The van der Waals surface area contributed by atoms with Gasteiger partial charge in [0.2, 0.25) is 0 Å². The van der Waals surface area contributed by atoms with Crippen LogP contribution in [-0.2, 0) is 11.2 Å². The van der Waals surface area contributed by atoms with E-state index in [1.807, 2.05) is 48.8 Å². The van der Waals surface area contributed by atoms with E-state index < -0.39 is 5.60 Å². The van der Waals surface area contributed by atoms with Gasteiger partial charge in [-0.3, -0.25) is 9.69 Å². The molecule has 0 saturated carbocycles. The third-order valence-electron chi connectivity index (χ3n) is 7.03. The van der Waals surface area contributed by atoms with Gasteiger partial charge in [0.05, 0.1) is 0 Å². The first-order valence-electron chi connectivity index (χ1n) is 12.7. The van der Waals surface area contributed by atoms with Crippen LogP contribution in [0.4, 0.5) is 4.79 Å². The fourth-order valence-corrected chi connectivity index (χ4v) is 5.14. The first-order valence-corrected chi connectivity index (χ1v) is 12.7. The zero-order valence-corrected chi connectivity index (χ0v) is 21.4. The molecule has 1 unspecified atom stereocenters. The summed E-state index contributed by atoms with van der Waals surface area (Å²) in [6.07, 6.45) is 4.79. The lowest BCUT2D eigenvalue weighted by molar-refractivity contribution is 0.0166. The van der Waals surface area contributed by atoms with E-state index in [0.29, 0.717) is 18.5 Å². The Balaban J connectivity index is 1.43. The predicted octanol–water partition coefficient (Wildman–Crippen LogP) is 4.52. The second kappa shape index (κ2) is 9.98. The molecule has 1 aromatic heterocycles. The highest BCUT2D eigenvalue weighted by Gasteiger charge is 2.28. The first-order chi connectivity index (χ1) is 16.1. The van der Waals surface area contributed by atoms with E-state index in [9.17, 15) is 9.59 Å². The van der Waals surface area contributed by atoms with Crippen molar-refractivity contribution in [1.82, 2.24) is 19.7 Å². The predicted molar refractivity (Wildman–Crippen MR) is 135 cm³/mol. The summed E-state index contributed by atoms with van der Waals surface area (Å²) < 4.78 is 5.59. The van der Waals surface area contributed by atoms with E-state index in [4.69, 9.17) is 4.74 Å². The molecule has 2 amide bonds. The van der Waals surface area contributed by atoms with E-state index in [-0.39, 0.29) is 12.0 Å². The van der Waals surface area contributed by atoms with Crippen LogP contribution >= 0.6 is 0 Å². The quantitative estimate of drug-likeness (QED) is 0.716. The smallest absolute Gasteiger partial charge is 0.410 e. The van der Waals surface area contributed by atoms with Crippen LogP contribution in [0.3, 0.4) is 0 Å². The number of amides is 2. The molecular formula is C27H40N4O3. The van der Waals surface area contributed by atoms with Gasteiger partial charge >= 0.3 is 6.09 Å². The fraction of sp³-hybridized carbons (Fsp3) is 0.630. The third kappa shape index (κ3) is 5.74. The number of carbonyl (C=O) groups excluding carboxylic acids is 2. The summed E-state index contributed by atoms with van der Waals surface area (Å²) in [5, 5.41) is 1.11. The summed E-state index contributed by atoms with van der Waals surface area (Å²) >= 11 is 0. The van der Waals surface area contributed by atoms with Gasteiger partial charge in [-0.1, -0.05) is 0 Å². The number of ether oxygens (including phenoxy) is 1. The maximum absolute atomic E-state index is 13.2. The second-order valence-corrected chi connectivity index (χ2v) is 11.1. The van der Waals surface area contributed by atoms with Crippen molar-refractivity contribution in [2.24, 2.45) is 5.92 Å². The summed E-state index contributed by atoms with van der Waals surface area (Å²) in [6.45, 7) is 15.0. The number of piperidine rings is 1. The highest BCUT2D eigenvalue weighted by atomic mass is 16.6. The number of nitrogens with one attached hydrogen (secondary N) is 1. The average Bonchev–Trinajstić information content (AvgIpc) is 3.19. The summed E-state index contributed by atoms with van der Waals surface area (Å²) in [5.74, 6) is 0.495. The Kier molecular flexibility index (Phi) is 7.22. The number of hydrogen-bond acceptors (Lipinski definition) is 4. The van der Waals surface area contributed by atoms with Crippen molar-refractivity contribution in [1.29, 1.82) is 0 Å². The number of benzene rings is 1. The van der Waals surface area contributed by atoms with Gasteiger partial charge in [0, 0.05) is 68.0 Å². The molecule has 1 aromatic carbocycles.